The minimum Gasteiger partial charge on any atom is -0.481 e. The minimum absolute atomic E-state index is 0.0150. The van der Waals surface area contributed by atoms with Crippen molar-refractivity contribution in [2.45, 2.75) is 26.2 Å². The Kier molecular flexibility index (Phi) is 4.65. The predicted octanol–water partition coefficient (Wildman–Crippen LogP) is 2.98. The standard InChI is InChI=1S/C15H18ClNO3/c1-10-2-3-12(16)9-13(10)15(20)17-6-4-11(5-7-17)8-14(18)19/h2-3,9,11H,4-8H2,1H3,(H,18,19). The smallest absolute Gasteiger partial charge is 0.303 e. The number of nitrogens with zero attached hydrogens (tertiary/aromatic N) is 1. The zero-order valence-electron chi connectivity index (χ0n) is 11.4. The number of aliphatic carboxylic acids is 1. The molecule has 108 valence electrons. The van der Waals surface area contributed by atoms with Crippen LogP contribution in [0.3, 0.4) is 0 Å². The van der Waals surface area contributed by atoms with Gasteiger partial charge in [0.05, 0.1) is 0 Å². The highest BCUT2D eigenvalue weighted by molar-refractivity contribution is 6.31. The number of amides is 1. The lowest BCUT2D eigenvalue weighted by molar-refractivity contribution is -0.138. The van der Waals surface area contributed by atoms with Gasteiger partial charge in [0.15, 0.2) is 0 Å². The van der Waals surface area contributed by atoms with Crippen molar-refractivity contribution < 1.29 is 14.7 Å². The summed E-state index contributed by atoms with van der Waals surface area (Å²) in [4.78, 5) is 24.9. The van der Waals surface area contributed by atoms with E-state index in [2.05, 4.69) is 0 Å². The molecule has 0 aromatic heterocycles. The van der Waals surface area contributed by atoms with Gasteiger partial charge >= 0.3 is 5.97 Å². The van der Waals surface area contributed by atoms with Crippen molar-refractivity contribution in [3.05, 3.63) is 34.3 Å². The number of carboxylic acid groups (broad SMARTS) is 1. The van der Waals surface area contributed by atoms with E-state index in [1.807, 2.05) is 13.0 Å². The Morgan fingerprint density at radius 3 is 2.60 bits per heavy atom. The zero-order chi connectivity index (χ0) is 14.7. The monoisotopic (exact) mass is 295 g/mol. The van der Waals surface area contributed by atoms with E-state index in [1.165, 1.54) is 0 Å². The number of carbonyl (C=O) groups is 2. The van der Waals surface area contributed by atoms with E-state index in [9.17, 15) is 9.59 Å². The fraction of sp³-hybridized carbons (Fsp3) is 0.467. The molecule has 1 fully saturated rings. The van der Waals surface area contributed by atoms with E-state index in [-0.39, 0.29) is 18.2 Å². The second-order valence-electron chi connectivity index (χ2n) is 5.29. The summed E-state index contributed by atoms with van der Waals surface area (Å²) in [6, 6.07) is 5.31. The topological polar surface area (TPSA) is 57.6 Å². The molecule has 1 aliphatic heterocycles. The molecule has 0 spiro atoms. The lowest BCUT2D eigenvalue weighted by Gasteiger charge is -2.31. The third-order valence-electron chi connectivity index (χ3n) is 3.80. The van der Waals surface area contributed by atoms with Gasteiger partial charge < -0.3 is 10.0 Å². The first-order chi connectivity index (χ1) is 9.47. The molecule has 1 aliphatic rings. The second-order valence-corrected chi connectivity index (χ2v) is 5.73. The summed E-state index contributed by atoms with van der Waals surface area (Å²) < 4.78 is 0. The fourth-order valence-electron chi connectivity index (χ4n) is 2.58. The summed E-state index contributed by atoms with van der Waals surface area (Å²) in [5.41, 5.74) is 1.54. The van der Waals surface area contributed by atoms with Gasteiger partial charge in [-0.1, -0.05) is 17.7 Å². The van der Waals surface area contributed by atoms with Crippen molar-refractivity contribution in [1.29, 1.82) is 0 Å². The van der Waals surface area contributed by atoms with Crippen molar-refractivity contribution in [3.63, 3.8) is 0 Å². The van der Waals surface area contributed by atoms with Gasteiger partial charge in [0.1, 0.15) is 0 Å². The van der Waals surface area contributed by atoms with Crippen LogP contribution in [-0.4, -0.2) is 35.0 Å². The maximum atomic E-state index is 12.5. The van der Waals surface area contributed by atoms with Gasteiger partial charge in [-0.25, -0.2) is 0 Å². The van der Waals surface area contributed by atoms with Crippen LogP contribution in [-0.2, 0) is 4.79 Å². The summed E-state index contributed by atoms with van der Waals surface area (Å²) >= 11 is 5.94. The first-order valence-electron chi connectivity index (χ1n) is 6.74. The largest absolute Gasteiger partial charge is 0.481 e. The third-order valence-corrected chi connectivity index (χ3v) is 4.03. The lowest BCUT2D eigenvalue weighted by Crippen LogP contribution is -2.39. The summed E-state index contributed by atoms with van der Waals surface area (Å²) in [5, 5.41) is 9.35. The molecule has 20 heavy (non-hydrogen) atoms. The van der Waals surface area contributed by atoms with Gasteiger partial charge in [-0.3, -0.25) is 9.59 Å². The number of carboxylic acids is 1. The van der Waals surface area contributed by atoms with Gasteiger partial charge in [-0.15, -0.1) is 0 Å². The van der Waals surface area contributed by atoms with Crippen molar-refractivity contribution in [2.75, 3.05) is 13.1 Å². The van der Waals surface area contributed by atoms with Gasteiger partial charge in [0, 0.05) is 30.1 Å². The first-order valence-corrected chi connectivity index (χ1v) is 7.12. The summed E-state index contributed by atoms with van der Waals surface area (Å²) in [6.07, 6.45) is 1.69. The molecule has 1 aromatic carbocycles. The lowest BCUT2D eigenvalue weighted by atomic mass is 9.93. The molecular formula is C15H18ClNO3. The maximum absolute atomic E-state index is 12.5. The molecule has 1 amide bonds. The molecule has 4 nitrogen and oxygen atoms in total. The molecule has 0 saturated carbocycles. The van der Waals surface area contributed by atoms with Crippen LogP contribution < -0.4 is 0 Å². The van der Waals surface area contributed by atoms with E-state index in [0.29, 0.717) is 23.7 Å². The van der Waals surface area contributed by atoms with E-state index >= 15 is 0 Å². The van der Waals surface area contributed by atoms with Crippen LogP contribution in [0.25, 0.3) is 0 Å². The molecule has 0 atom stereocenters. The highest BCUT2D eigenvalue weighted by Gasteiger charge is 2.25. The Morgan fingerprint density at radius 1 is 1.35 bits per heavy atom. The van der Waals surface area contributed by atoms with Crippen LogP contribution in [0.4, 0.5) is 0 Å². The highest BCUT2D eigenvalue weighted by Crippen LogP contribution is 2.23. The molecular weight excluding hydrogens is 278 g/mol. The van der Waals surface area contributed by atoms with E-state index < -0.39 is 5.97 Å². The SMILES string of the molecule is Cc1ccc(Cl)cc1C(=O)N1CCC(CC(=O)O)CC1. The van der Waals surface area contributed by atoms with E-state index in [4.69, 9.17) is 16.7 Å². The Balaban J connectivity index is 2.01. The summed E-state index contributed by atoms with van der Waals surface area (Å²) in [6.45, 7) is 3.12. The number of halogens is 1. The fourth-order valence-corrected chi connectivity index (χ4v) is 2.75. The third kappa shape index (κ3) is 3.51. The van der Waals surface area contributed by atoms with Crippen molar-refractivity contribution in [2.24, 2.45) is 5.92 Å². The van der Waals surface area contributed by atoms with Crippen LogP contribution in [0.5, 0.6) is 0 Å². The van der Waals surface area contributed by atoms with Gasteiger partial charge in [-0.2, -0.15) is 0 Å². The number of carbonyl (C=O) groups excluding carboxylic acids is 1. The van der Waals surface area contributed by atoms with Gasteiger partial charge in [-0.05, 0) is 43.4 Å². The van der Waals surface area contributed by atoms with Crippen molar-refractivity contribution in [1.82, 2.24) is 4.90 Å². The molecule has 1 heterocycles. The van der Waals surface area contributed by atoms with Crippen molar-refractivity contribution in [3.8, 4) is 0 Å². The number of piperidine rings is 1. The average Bonchev–Trinajstić information content (AvgIpc) is 2.41. The quantitative estimate of drug-likeness (QED) is 0.932. The Hall–Kier alpha value is -1.55. The maximum Gasteiger partial charge on any atom is 0.303 e. The van der Waals surface area contributed by atoms with Gasteiger partial charge in [0.25, 0.3) is 5.91 Å². The predicted molar refractivity (Wildman–Crippen MR) is 77.1 cm³/mol. The first kappa shape index (κ1) is 14.9. The number of rotatable bonds is 3. The molecule has 1 saturated heterocycles. The Morgan fingerprint density at radius 2 is 2.00 bits per heavy atom. The van der Waals surface area contributed by atoms with E-state index in [1.54, 1.807) is 17.0 Å². The molecule has 0 unspecified atom stereocenters. The van der Waals surface area contributed by atoms with Crippen LogP contribution in [0.15, 0.2) is 18.2 Å². The van der Waals surface area contributed by atoms with Crippen LogP contribution in [0.2, 0.25) is 5.02 Å². The highest BCUT2D eigenvalue weighted by atomic mass is 35.5. The van der Waals surface area contributed by atoms with Crippen LogP contribution in [0, 0.1) is 12.8 Å². The molecule has 1 aromatic rings. The van der Waals surface area contributed by atoms with Crippen molar-refractivity contribution >= 4 is 23.5 Å². The number of hydrogen-bond acceptors (Lipinski definition) is 2. The molecule has 0 bridgehead atoms. The Bertz CT molecular complexity index is 522. The summed E-state index contributed by atoms with van der Waals surface area (Å²) in [5.74, 6) is -0.601. The average molecular weight is 296 g/mol. The normalized spacial score (nSPS) is 16.2. The molecule has 1 N–H and O–H groups in total. The molecule has 0 aliphatic carbocycles. The van der Waals surface area contributed by atoms with Gasteiger partial charge in [0.2, 0.25) is 0 Å². The zero-order valence-corrected chi connectivity index (χ0v) is 12.2. The molecule has 2 rings (SSSR count). The summed E-state index contributed by atoms with van der Waals surface area (Å²) in [7, 11) is 0. The van der Waals surface area contributed by atoms with Crippen LogP contribution in [0.1, 0.15) is 35.2 Å². The minimum atomic E-state index is -0.763. The Labute approximate surface area is 123 Å². The number of benzene rings is 1. The molecule has 0 radical (unpaired) electrons. The number of aryl methyl sites for hydroxylation is 1. The number of likely N-dealkylation sites (tertiary alicyclic amines) is 1. The van der Waals surface area contributed by atoms with E-state index in [0.717, 1.165) is 18.4 Å². The molecule has 5 heteroatoms. The number of hydrogen-bond donors (Lipinski definition) is 1. The van der Waals surface area contributed by atoms with Crippen LogP contribution >= 0.6 is 11.6 Å². The second kappa shape index (κ2) is 6.27.